The molecule has 0 atom stereocenters. The van der Waals surface area contributed by atoms with Crippen LogP contribution in [-0.4, -0.2) is 42.0 Å². The lowest BCUT2D eigenvalue weighted by atomic mass is 10.1. The maximum atomic E-state index is 13.4. The van der Waals surface area contributed by atoms with E-state index in [-0.39, 0.29) is 11.6 Å². The predicted octanol–water partition coefficient (Wildman–Crippen LogP) is 3.88. The molecular weight excluding hydrogens is 391 g/mol. The third-order valence-electron chi connectivity index (χ3n) is 4.59. The lowest BCUT2D eigenvalue weighted by Gasteiger charge is -2.34. The molecule has 8 heteroatoms. The second-order valence-corrected chi connectivity index (χ2v) is 7.44. The quantitative estimate of drug-likeness (QED) is 0.655. The molecule has 0 N–H and O–H groups in total. The topological polar surface area (TPSA) is 73.4 Å². The highest BCUT2D eigenvalue weighted by Gasteiger charge is 2.26. The van der Waals surface area contributed by atoms with Crippen molar-refractivity contribution in [3.63, 3.8) is 0 Å². The molecule has 2 aromatic heterocycles. The zero-order valence-electron chi connectivity index (χ0n) is 15.4. The number of nitrogens with zero attached hydrogens (tertiary/aromatic N) is 4. The minimum Gasteiger partial charge on any atom is -0.420 e. The number of anilines is 1. The number of amides is 1. The molecule has 1 aromatic carbocycles. The summed E-state index contributed by atoms with van der Waals surface area (Å²) in [5.74, 6) is 0.138. The van der Waals surface area contributed by atoms with Crippen LogP contribution in [0.2, 0.25) is 0 Å². The predicted molar refractivity (Wildman–Crippen MR) is 109 cm³/mol. The van der Waals surface area contributed by atoms with Crippen molar-refractivity contribution in [1.82, 2.24) is 9.88 Å². The summed E-state index contributed by atoms with van der Waals surface area (Å²) < 4.78 is 19.2. The molecule has 1 saturated heterocycles. The van der Waals surface area contributed by atoms with E-state index in [0.717, 1.165) is 4.88 Å². The van der Waals surface area contributed by atoms with Crippen molar-refractivity contribution in [2.75, 3.05) is 31.1 Å². The molecule has 1 amide bonds. The maximum Gasteiger partial charge on any atom is 0.254 e. The Morgan fingerprint density at radius 1 is 1.21 bits per heavy atom. The molecule has 0 bridgehead atoms. The van der Waals surface area contributed by atoms with Gasteiger partial charge in [0.15, 0.2) is 0 Å². The van der Waals surface area contributed by atoms with Gasteiger partial charge in [0.05, 0.1) is 0 Å². The number of piperazine rings is 1. The van der Waals surface area contributed by atoms with Crippen LogP contribution in [0.4, 0.5) is 10.3 Å². The smallest absolute Gasteiger partial charge is 0.254 e. The van der Waals surface area contributed by atoms with Crippen molar-refractivity contribution < 1.29 is 13.6 Å². The fourth-order valence-corrected chi connectivity index (χ4v) is 3.76. The van der Waals surface area contributed by atoms with Crippen LogP contribution in [0.3, 0.4) is 0 Å². The second kappa shape index (κ2) is 8.29. The Kier molecular flexibility index (Phi) is 5.40. The van der Waals surface area contributed by atoms with Crippen LogP contribution < -0.4 is 4.90 Å². The SMILES string of the molecule is N#Cc1nc(/C=C/c2cccs2)oc1N1CCN(C(=O)c2cccc(F)c2)CC1. The highest BCUT2D eigenvalue weighted by Crippen LogP contribution is 2.25. The van der Waals surface area contributed by atoms with Crippen LogP contribution in [-0.2, 0) is 0 Å². The number of halogens is 1. The maximum absolute atomic E-state index is 13.4. The first-order valence-electron chi connectivity index (χ1n) is 9.06. The second-order valence-electron chi connectivity index (χ2n) is 6.46. The number of carbonyl (C=O) groups excluding carboxylic acids is 1. The Morgan fingerprint density at radius 2 is 2.03 bits per heavy atom. The van der Waals surface area contributed by atoms with Gasteiger partial charge in [0.25, 0.3) is 5.91 Å². The molecule has 146 valence electrons. The number of hydrogen-bond donors (Lipinski definition) is 0. The van der Waals surface area contributed by atoms with Crippen molar-refractivity contribution in [2.45, 2.75) is 0 Å². The minimum atomic E-state index is -0.432. The third-order valence-corrected chi connectivity index (χ3v) is 5.43. The number of oxazole rings is 1. The first kappa shape index (κ1) is 18.9. The number of benzene rings is 1. The van der Waals surface area contributed by atoms with Gasteiger partial charge in [0.2, 0.25) is 17.5 Å². The standard InChI is InChI=1S/C21H17FN4O2S/c22-16-4-1-3-15(13-16)20(27)25-8-10-26(11-9-25)21-18(14-23)24-19(28-21)7-6-17-5-2-12-29-17/h1-7,12-13H,8-11H2/b7-6+. The van der Waals surface area contributed by atoms with Crippen LogP contribution in [0, 0.1) is 17.1 Å². The Morgan fingerprint density at radius 3 is 2.72 bits per heavy atom. The molecule has 3 aromatic rings. The van der Waals surface area contributed by atoms with Crippen molar-refractivity contribution in [3.8, 4) is 6.07 Å². The van der Waals surface area contributed by atoms with E-state index in [2.05, 4.69) is 11.1 Å². The van der Waals surface area contributed by atoms with Gasteiger partial charge in [0.1, 0.15) is 11.9 Å². The summed E-state index contributed by atoms with van der Waals surface area (Å²) >= 11 is 1.60. The molecule has 0 radical (unpaired) electrons. The average Bonchev–Trinajstić information content (AvgIpc) is 3.41. The molecule has 0 saturated carbocycles. The van der Waals surface area contributed by atoms with E-state index in [1.165, 1.54) is 18.2 Å². The number of thiophene rings is 1. The van der Waals surface area contributed by atoms with Gasteiger partial charge in [-0.3, -0.25) is 4.79 Å². The van der Waals surface area contributed by atoms with E-state index >= 15 is 0 Å². The van der Waals surface area contributed by atoms with Gasteiger partial charge in [-0.15, -0.1) is 11.3 Å². The molecule has 6 nitrogen and oxygen atoms in total. The molecule has 4 rings (SSSR count). The van der Waals surface area contributed by atoms with E-state index in [0.29, 0.717) is 43.5 Å². The summed E-state index contributed by atoms with van der Waals surface area (Å²) in [4.78, 5) is 21.4. The molecule has 1 fully saturated rings. The normalized spacial score (nSPS) is 14.3. The monoisotopic (exact) mass is 408 g/mol. The Labute approximate surface area is 171 Å². The number of aromatic nitrogens is 1. The molecular formula is C21H17FN4O2S. The number of hydrogen-bond acceptors (Lipinski definition) is 6. The van der Waals surface area contributed by atoms with E-state index in [1.807, 2.05) is 28.5 Å². The molecule has 29 heavy (non-hydrogen) atoms. The van der Waals surface area contributed by atoms with Crippen LogP contribution >= 0.6 is 11.3 Å². The van der Waals surface area contributed by atoms with Gasteiger partial charge < -0.3 is 14.2 Å². The van der Waals surface area contributed by atoms with Crippen LogP contribution in [0.1, 0.15) is 26.8 Å². The van der Waals surface area contributed by atoms with Crippen molar-refractivity contribution in [1.29, 1.82) is 5.26 Å². The third kappa shape index (κ3) is 4.20. The molecule has 0 aliphatic carbocycles. The summed E-state index contributed by atoms with van der Waals surface area (Å²) in [7, 11) is 0. The van der Waals surface area contributed by atoms with Gasteiger partial charge in [-0.2, -0.15) is 10.2 Å². The van der Waals surface area contributed by atoms with Gasteiger partial charge in [0, 0.05) is 42.7 Å². The number of carbonyl (C=O) groups is 1. The van der Waals surface area contributed by atoms with Crippen LogP contribution in [0.25, 0.3) is 12.2 Å². The lowest BCUT2D eigenvalue weighted by Crippen LogP contribution is -2.48. The Balaban J connectivity index is 1.44. The number of rotatable bonds is 4. The number of nitriles is 1. The zero-order valence-corrected chi connectivity index (χ0v) is 16.2. The van der Waals surface area contributed by atoms with Crippen molar-refractivity contribution in [3.05, 3.63) is 69.6 Å². The zero-order chi connectivity index (χ0) is 20.2. The van der Waals surface area contributed by atoms with Gasteiger partial charge in [-0.1, -0.05) is 12.1 Å². The van der Waals surface area contributed by atoms with E-state index < -0.39 is 5.82 Å². The highest BCUT2D eigenvalue weighted by atomic mass is 32.1. The molecule has 3 heterocycles. The minimum absolute atomic E-state index is 0.207. The fraction of sp³-hybridized carbons (Fsp3) is 0.190. The fourth-order valence-electron chi connectivity index (χ4n) is 3.14. The van der Waals surface area contributed by atoms with E-state index in [9.17, 15) is 14.4 Å². The van der Waals surface area contributed by atoms with Gasteiger partial charge >= 0.3 is 0 Å². The first-order chi connectivity index (χ1) is 14.1. The molecule has 0 unspecified atom stereocenters. The molecule has 0 spiro atoms. The van der Waals surface area contributed by atoms with E-state index in [1.54, 1.807) is 28.4 Å². The van der Waals surface area contributed by atoms with Crippen molar-refractivity contribution in [2.24, 2.45) is 0 Å². The average molecular weight is 408 g/mol. The summed E-state index contributed by atoms with van der Waals surface area (Å²) in [6.45, 7) is 1.89. The summed E-state index contributed by atoms with van der Waals surface area (Å²) in [6, 6.07) is 11.7. The summed E-state index contributed by atoms with van der Waals surface area (Å²) in [5.41, 5.74) is 0.553. The summed E-state index contributed by atoms with van der Waals surface area (Å²) in [6.07, 6.45) is 3.62. The molecule has 1 aliphatic heterocycles. The highest BCUT2D eigenvalue weighted by molar-refractivity contribution is 7.10. The largest absolute Gasteiger partial charge is 0.420 e. The molecule has 1 aliphatic rings. The Bertz CT molecular complexity index is 1080. The Hall–Kier alpha value is -3.44. The van der Waals surface area contributed by atoms with Gasteiger partial charge in [-0.25, -0.2) is 4.39 Å². The van der Waals surface area contributed by atoms with E-state index in [4.69, 9.17) is 4.42 Å². The van der Waals surface area contributed by atoms with Crippen LogP contribution in [0.15, 0.2) is 46.2 Å². The van der Waals surface area contributed by atoms with Gasteiger partial charge in [-0.05, 0) is 35.7 Å². The summed E-state index contributed by atoms with van der Waals surface area (Å²) in [5, 5.41) is 11.4. The van der Waals surface area contributed by atoms with Crippen molar-refractivity contribution >= 4 is 35.3 Å². The first-order valence-corrected chi connectivity index (χ1v) is 9.94. The van der Waals surface area contributed by atoms with Crippen LogP contribution in [0.5, 0.6) is 0 Å². The lowest BCUT2D eigenvalue weighted by molar-refractivity contribution is 0.0745.